The van der Waals surface area contributed by atoms with Gasteiger partial charge in [-0.1, -0.05) is 30.3 Å². The van der Waals surface area contributed by atoms with Crippen LogP contribution in [0, 0.1) is 0 Å². The lowest BCUT2D eigenvalue weighted by Gasteiger charge is -2.36. The summed E-state index contributed by atoms with van der Waals surface area (Å²) in [6, 6.07) is 13.9. The Labute approximate surface area is 175 Å². The summed E-state index contributed by atoms with van der Waals surface area (Å²) in [7, 11) is 0. The maximum absolute atomic E-state index is 13.1. The number of nitrogens with zero attached hydrogens (tertiary/aromatic N) is 4. The first-order valence-corrected chi connectivity index (χ1v) is 9.97. The first-order valence-electron chi connectivity index (χ1n) is 9.97. The Morgan fingerprint density at radius 2 is 1.70 bits per heavy atom. The zero-order valence-corrected chi connectivity index (χ0v) is 16.6. The van der Waals surface area contributed by atoms with Crippen LogP contribution in [-0.4, -0.2) is 57.2 Å². The number of carbonyl (C=O) groups is 1. The van der Waals surface area contributed by atoms with Crippen LogP contribution in [0.25, 0.3) is 0 Å². The lowest BCUT2D eigenvalue weighted by atomic mass is 9.87. The van der Waals surface area contributed by atoms with Gasteiger partial charge in [0.05, 0.1) is 6.20 Å². The van der Waals surface area contributed by atoms with Crippen molar-refractivity contribution in [3.8, 4) is 11.5 Å². The molecule has 1 aromatic heterocycles. The van der Waals surface area contributed by atoms with E-state index in [1.807, 2.05) is 17.0 Å². The van der Waals surface area contributed by atoms with E-state index < -0.39 is 0 Å². The summed E-state index contributed by atoms with van der Waals surface area (Å²) in [6.07, 6.45) is 5.29. The fourth-order valence-corrected chi connectivity index (χ4v) is 3.84. The van der Waals surface area contributed by atoms with E-state index in [-0.39, 0.29) is 29.7 Å². The summed E-state index contributed by atoms with van der Waals surface area (Å²) in [6.45, 7) is 2.62. The molecular formula is C23H24N4O3. The lowest BCUT2D eigenvalue weighted by molar-refractivity contribution is -0.131. The number of aromatic nitrogens is 2. The Kier molecular flexibility index (Phi) is 5.79. The van der Waals surface area contributed by atoms with E-state index in [4.69, 9.17) is 0 Å². The third-order valence-corrected chi connectivity index (χ3v) is 5.49. The van der Waals surface area contributed by atoms with Crippen LogP contribution in [0.15, 0.2) is 67.1 Å². The van der Waals surface area contributed by atoms with Crippen LogP contribution >= 0.6 is 0 Å². The number of benzene rings is 2. The Morgan fingerprint density at radius 3 is 2.37 bits per heavy atom. The van der Waals surface area contributed by atoms with Crippen LogP contribution in [0.1, 0.15) is 23.5 Å². The number of piperazine rings is 1. The molecule has 4 rings (SSSR count). The molecular weight excluding hydrogens is 380 g/mol. The molecule has 0 bridgehead atoms. The number of hydrogen-bond donors (Lipinski definition) is 2. The van der Waals surface area contributed by atoms with Crippen LogP contribution in [0.4, 0.5) is 5.82 Å². The van der Waals surface area contributed by atoms with E-state index in [1.165, 1.54) is 0 Å². The number of amides is 1. The maximum atomic E-state index is 13.1. The second-order valence-electron chi connectivity index (χ2n) is 7.34. The van der Waals surface area contributed by atoms with Gasteiger partial charge in [-0.25, -0.2) is 4.98 Å². The van der Waals surface area contributed by atoms with E-state index in [2.05, 4.69) is 14.9 Å². The van der Waals surface area contributed by atoms with Crippen molar-refractivity contribution in [3.63, 3.8) is 0 Å². The van der Waals surface area contributed by atoms with E-state index in [0.717, 1.165) is 11.4 Å². The molecule has 1 atom stereocenters. The molecule has 1 saturated heterocycles. The molecule has 154 valence electrons. The Bertz CT molecular complexity index is 987. The number of carbonyl (C=O) groups excluding carboxylic acids is 1. The zero-order valence-electron chi connectivity index (χ0n) is 16.6. The Balaban J connectivity index is 1.48. The van der Waals surface area contributed by atoms with Gasteiger partial charge in [0.2, 0.25) is 5.91 Å². The van der Waals surface area contributed by atoms with Crippen LogP contribution < -0.4 is 4.90 Å². The smallest absolute Gasteiger partial charge is 0.223 e. The molecule has 0 radical (unpaired) electrons. The fourth-order valence-electron chi connectivity index (χ4n) is 3.84. The first-order chi connectivity index (χ1) is 14.6. The molecule has 1 aliphatic heterocycles. The van der Waals surface area contributed by atoms with Gasteiger partial charge in [0.15, 0.2) is 0 Å². The van der Waals surface area contributed by atoms with Gasteiger partial charge in [-0.05, 0) is 23.8 Å². The van der Waals surface area contributed by atoms with Gasteiger partial charge < -0.3 is 20.0 Å². The highest BCUT2D eigenvalue weighted by molar-refractivity contribution is 5.78. The van der Waals surface area contributed by atoms with E-state index >= 15 is 0 Å². The van der Waals surface area contributed by atoms with Gasteiger partial charge in [-0.3, -0.25) is 9.78 Å². The molecule has 1 amide bonds. The number of aromatic hydroxyl groups is 2. The molecule has 7 heteroatoms. The first kappa shape index (κ1) is 19.7. The molecule has 2 heterocycles. The predicted octanol–water partition coefficient (Wildman–Crippen LogP) is 2.76. The number of rotatable bonds is 5. The minimum Gasteiger partial charge on any atom is -0.508 e. The normalized spacial score (nSPS) is 15.1. The summed E-state index contributed by atoms with van der Waals surface area (Å²) < 4.78 is 0. The van der Waals surface area contributed by atoms with E-state index in [0.29, 0.717) is 31.7 Å². The van der Waals surface area contributed by atoms with Crippen LogP contribution in [0.3, 0.4) is 0 Å². The highest BCUT2D eigenvalue weighted by atomic mass is 16.3. The van der Waals surface area contributed by atoms with Crippen molar-refractivity contribution in [2.45, 2.75) is 12.3 Å². The van der Waals surface area contributed by atoms with Gasteiger partial charge in [-0.2, -0.15) is 0 Å². The average molecular weight is 404 g/mol. The van der Waals surface area contributed by atoms with Crippen LogP contribution in [0.5, 0.6) is 11.5 Å². The van der Waals surface area contributed by atoms with Gasteiger partial charge in [0.25, 0.3) is 0 Å². The fraction of sp³-hybridized carbons (Fsp3) is 0.261. The third kappa shape index (κ3) is 4.35. The monoisotopic (exact) mass is 404 g/mol. The third-order valence-electron chi connectivity index (χ3n) is 5.49. The Morgan fingerprint density at radius 1 is 0.967 bits per heavy atom. The molecule has 7 nitrogen and oxygen atoms in total. The van der Waals surface area contributed by atoms with Crippen molar-refractivity contribution >= 4 is 11.7 Å². The maximum Gasteiger partial charge on any atom is 0.223 e. The number of para-hydroxylation sites is 1. The van der Waals surface area contributed by atoms with Crippen LogP contribution in [0.2, 0.25) is 0 Å². The minimum absolute atomic E-state index is 0.0372. The topological polar surface area (TPSA) is 89.8 Å². The molecule has 2 N–H and O–H groups in total. The SMILES string of the molecule is O=C(C[C@H](c1ccc(O)cc1)c1ccccc1O)N1CCN(c2cnccn2)CC1. The largest absolute Gasteiger partial charge is 0.508 e. The Hall–Kier alpha value is -3.61. The standard InChI is InChI=1S/C23H24N4O3/c28-18-7-5-17(6-8-18)20(19-3-1-2-4-21(19)29)15-23(30)27-13-11-26(12-14-27)22-16-24-9-10-25-22/h1-10,16,20,28-29H,11-15H2/t20-/m1/s1. The molecule has 0 aliphatic carbocycles. The van der Waals surface area contributed by atoms with Gasteiger partial charge >= 0.3 is 0 Å². The molecule has 1 fully saturated rings. The molecule has 0 spiro atoms. The number of phenols is 2. The van der Waals surface area contributed by atoms with Crippen molar-refractivity contribution in [1.82, 2.24) is 14.9 Å². The van der Waals surface area contributed by atoms with Gasteiger partial charge in [0.1, 0.15) is 17.3 Å². The van der Waals surface area contributed by atoms with Crippen molar-refractivity contribution in [2.24, 2.45) is 0 Å². The molecule has 0 unspecified atom stereocenters. The summed E-state index contributed by atoms with van der Waals surface area (Å²) in [5, 5.41) is 20.0. The van der Waals surface area contributed by atoms with E-state index in [9.17, 15) is 15.0 Å². The second-order valence-corrected chi connectivity index (χ2v) is 7.34. The van der Waals surface area contributed by atoms with Crippen molar-refractivity contribution < 1.29 is 15.0 Å². The zero-order chi connectivity index (χ0) is 20.9. The highest BCUT2D eigenvalue weighted by Gasteiger charge is 2.27. The summed E-state index contributed by atoms with van der Waals surface area (Å²) in [5.74, 6) is 0.894. The second kappa shape index (κ2) is 8.82. The van der Waals surface area contributed by atoms with Crippen molar-refractivity contribution in [2.75, 3.05) is 31.1 Å². The van der Waals surface area contributed by atoms with Gasteiger partial charge in [-0.15, -0.1) is 0 Å². The summed E-state index contributed by atoms with van der Waals surface area (Å²) >= 11 is 0. The lowest BCUT2D eigenvalue weighted by Crippen LogP contribution is -2.49. The van der Waals surface area contributed by atoms with Crippen molar-refractivity contribution in [1.29, 1.82) is 0 Å². The average Bonchev–Trinajstić information content (AvgIpc) is 2.79. The van der Waals surface area contributed by atoms with Crippen LogP contribution in [-0.2, 0) is 4.79 Å². The summed E-state index contributed by atoms with van der Waals surface area (Å²) in [5.41, 5.74) is 1.58. The predicted molar refractivity (Wildman–Crippen MR) is 113 cm³/mol. The van der Waals surface area contributed by atoms with Gasteiger partial charge in [0, 0.05) is 56.5 Å². The molecule has 30 heavy (non-hydrogen) atoms. The summed E-state index contributed by atoms with van der Waals surface area (Å²) in [4.78, 5) is 25.5. The molecule has 0 saturated carbocycles. The molecule has 3 aromatic rings. The number of hydrogen-bond acceptors (Lipinski definition) is 6. The number of anilines is 1. The molecule has 2 aromatic carbocycles. The minimum atomic E-state index is -0.294. The number of phenolic OH excluding ortho intramolecular Hbond substituents is 2. The quantitative estimate of drug-likeness (QED) is 0.680. The highest BCUT2D eigenvalue weighted by Crippen LogP contribution is 2.35. The van der Waals surface area contributed by atoms with E-state index in [1.54, 1.807) is 55.0 Å². The van der Waals surface area contributed by atoms with Crippen molar-refractivity contribution in [3.05, 3.63) is 78.2 Å². The molecule has 1 aliphatic rings.